The van der Waals surface area contributed by atoms with Gasteiger partial charge in [-0.25, -0.2) is 4.68 Å². The van der Waals surface area contributed by atoms with E-state index in [1.807, 2.05) is 31.2 Å². The molecule has 0 saturated carbocycles. The molecule has 1 atom stereocenters. The monoisotopic (exact) mass is 429 g/mol. The average molecular weight is 429 g/mol. The number of rotatable bonds is 4. The minimum Gasteiger partial charge on any atom is -0.497 e. The van der Waals surface area contributed by atoms with Crippen molar-refractivity contribution in [2.45, 2.75) is 25.4 Å². The van der Waals surface area contributed by atoms with Gasteiger partial charge in [0.2, 0.25) is 0 Å². The van der Waals surface area contributed by atoms with Crippen molar-refractivity contribution in [2.75, 3.05) is 20.2 Å². The number of hydrogen-bond acceptors (Lipinski definition) is 3. The third-order valence-corrected chi connectivity index (χ3v) is 5.61. The molecule has 1 aliphatic heterocycles. The van der Waals surface area contributed by atoms with Gasteiger partial charge in [0, 0.05) is 19.0 Å². The number of alkyl halides is 3. The number of carbonyl (C=O) groups is 1. The summed E-state index contributed by atoms with van der Waals surface area (Å²) in [5.41, 5.74) is 0.733. The Hall–Kier alpha value is -3.29. The van der Waals surface area contributed by atoms with Gasteiger partial charge in [0.1, 0.15) is 5.75 Å². The van der Waals surface area contributed by atoms with Gasteiger partial charge >= 0.3 is 6.18 Å². The van der Waals surface area contributed by atoms with Crippen LogP contribution >= 0.6 is 0 Å². The summed E-state index contributed by atoms with van der Waals surface area (Å²) < 4.78 is 47.7. The molecule has 0 aliphatic carbocycles. The lowest BCUT2D eigenvalue weighted by Crippen LogP contribution is -2.30. The molecular formula is C23H22F3N3O2. The van der Waals surface area contributed by atoms with Gasteiger partial charge < -0.3 is 9.64 Å². The van der Waals surface area contributed by atoms with Gasteiger partial charge in [-0.15, -0.1) is 0 Å². The number of aryl methyl sites for hydroxylation is 1. The number of methoxy groups -OCH3 is 1. The first-order valence-corrected chi connectivity index (χ1v) is 9.93. The number of nitrogens with zero attached hydrogens (tertiary/aromatic N) is 3. The van der Waals surface area contributed by atoms with E-state index in [9.17, 15) is 18.0 Å². The highest BCUT2D eigenvalue weighted by molar-refractivity contribution is 5.95. The number of benzene rings is 2. The Balaban J connectivity index is 1.60. The van der Waals surface area contributed by atoms with E-state index in [1.165, 1.54) is 4.90 Å². The van der Waals surface area contributed by atoms with Crippen molar-refractivity contribution in [3.63, 3.8) is 0 Å². The lowest BCUT2D eigenvalue weighted by Gasteiger charge is -2.18. The van der Waals surface area contributed by atoms with Gasteiger partial charge in [0.15, 0.2) is 5.69 Å². The fraction of sp³-hybridized carbons (Fsp3) is 0.304. The number of likely N-dealkylation sites (tertiary alicyclic amines) is 1. The first kappa shape index (κ1) is 21.0. The molecule has 1 unspecified atom stereocenters. The van der Waals surface area contributed by atoms with Gasteiger partial charge in [-0.1, -0.05) is 29.8 Å². The molecule has 1 aromatic heterocycles. The second-order valence-corrected chi connectivity index (χ2v) is 7.66. The van der Waals surface area contributed by atoms with Crippen molar-refractivity contribution in [2.24, 2.45) is 0 Å². The van der Waals surface area contributed by atoms with Gasteiger partial charge in [0.25, 0.3) is 5.91 Å². The number of halogens is 3. The number of amides is 1. The summed E-state index contributed by atoms with van der Waals surface area (Å²) in [4.78, 5) is 14.5. The molecule has 1 fully saturated rings. The molecule has 8 heteroatoms. The lowest BCUT2D eigenvalue weighted by molar-refractivity contribution is -0.143. The molecule has 2 heterocycles. The molecule has 1 saturated heterocycles. The summed E-state index contributed by atoms with van der Waals surface area (Å²) in [6, 6.07) is 14.1. The largest absolute Gasteiger partial charge is 0.497 e. The molecule has 4 rings (SSSR count). The average Bonchev–Trinajstić information content (AvgIpc) is 3.41. The first-order valence-electron chi connectivity index (χ1n) is 9.93. The van der Waals surface area contributed by atoms with E-state index >= 15 is 0 Å². The van der Waals surface area contributed by atoms with Crippen LogP contribution in [0.4, 0.5) is 13.2 Å². The zero-order valence-electron chi connectivity index (χ0n) is 17.2. The van der Waals surface area contributed by atoms with Crippen LogP contribution in [-0.2, 0) is 6.18 Å². The van der Waals surface area contributed by atoms with Crippen LogP contribution in [0.1, 0.15) is 39.5 Å². The van der Waals surface area contributed by atoms with Gasteiger partial charge in [-0.2, -0.15) is 18.3 Å². The summed E-state index contributed by atoms with van der Waals surface area (Å²) in [6.07, 6.45) is -3.02. The van der Waals surface area contributed by atoms with Crippen LogP contribution < -0.4 is 4.74 Å². The van der Waals surface area contributed by atoms with E-state index < -0.39 is 23.3 Å². The first-order chi connectivity index (χ1) is 14.8. The van der Waals surface area contributed by atoms with Gasteiger partial charge in [-0.05, 0) is 43.2 Å². The number of aromatic nitrogens is 2. The standard InChI is InChI=1S/C23H22F3N3O2/c1-15-3-7-18(8-4-15)29-21(23(24,25)26)20(13-27-29)22(30)28-12-11-17(14-28)16-5-9-19(31-2)10-6-16/h3-10,13,17H,11-12,14H2,1-2H3. The zero-order valence-corrected chi connectivity index (χ0v) is 17.2. The Morgan fingerprint density at radius 2 is 1.77 bits per heavy atom. The smallest absolute Gasteiger partial charge is 0.434 e. The minimum atomic E-state index is -4.72. The van der Waals surface area contributed by atoms with Crippen molar-refractivity contribution in [1.82, 2.24) is 14.7 Å². The molecule has 0 radical (unpaired) electrons. The maximum atomic E-state index is 13.9. The van der Waals surface area contributed by atoms with E-state index in [-0.39, 0.29) is 11.6 Å². The van der Waals surface area contributed by atoms with Crippen molar-refractivity contribution >= 4 is 5.91 Å². The summed E-state index contributed by atoms with van der Waals surface area (Å²) >= 11 is 0. The fourth-order valence-corrected chi connectivity index (χ4v) is 3.92. The molecule has 1 aliphatic rings. The van der Waals surface area contributed by atoms with E-state index in [0.29, 0.717) is 19.5 Å². The molecule has 162 valence electrons. The third kappa shape index (κ3) is 4.15. The SMILES string of the molecule is COc1ccc(C2CCN(C(=O)c3cnn(-c4ccc(C)cc4)c3C(F)(F)F)C2)cc1. The van der Waals surface area contributed by atoms with Crippen LogP contribution in [0, 0.1) is 6.92 Å². The highest BCUT2D eigenvalue weighted by Crippen LogP contribution is 2.36. The highest BCUT2D eigenvalue weighted by Gasteiger charge is 2.42. The molecule has 0 N–H and O–H groups in total. The molecule has 0 spiro atoms. The molecule has 5 nitrogen and oxygen atoms in total. The van der Waals surface area contributed by atoms with Crippen LogP contribution in [0.15, 0.2) is 54.7 Å². The Kier molecular flexibility index (Phi) is 5.47. The van der Waals surface area contributed by atoms with Crippen molar-refractivity contribution in [3.8, 4) is 11.4 Å². The minimum absolute atomic E-state index is 0.0661. The van der Waals surface area contributed by atoms with E-state index in [2.05, 4.69) is 5.10 Å². The normalized spacial score (nSPS) is 16.5. The maximum absolute atomic E-state index is 13.9. The topological polar surface area (TPSA) is 47.4 Å². The summed E-state index contributed by atoms with van der Waals surface area (Å²) in [5.74, 6) is 0.144. The number of ether oxygens (including phenoxy) is 1. The molecule has 0 bridgehead atoms. The van der Waals surface area contributed by atoms with Crippen LogP contribution in [0.2, 0.25) is 0 Å². The van der Waals surface area contributed by atoms with Crippen molar-refractivity contribution in [3.05, 3.63) is 77.1 Å². The summed E-state index contributed by atoms with van der Waals surface area (Å²) in [5, 5.41) is 3.91. The Morgan fingerprint density at radius 1 is 1.10 bits per heavy atom. The van der Waals surface area contributed by atoms with Crippen LogP contribution in [0.3, 0.4) is 0 Å². The predicted octanol–water partition coefficient (Wildman–Crippen LogP) is 4.84. The van der Waals surface area contributed by atoms with E-state index in [4.69, 9.17) is 4.74 Å². The van der Waals surface area contributed by atoms with E-state index in [1.54, 1.807) is 31.4 Å². The number of hydrogen-bond donors (Lipinski definition) is 0. The second kappa shape index (κ2) is 8.09. The van der Waals surface area contributed by atoms with Crippen LogP contribution in [-0.4, -0.2) is 40.8 Å². The van der Waals surface area contributed by atoms with E-state index in [0.717, 1.165) is 27.8 Å². The highest BCUT2D eigenvalue weighted by atomic mass is 19.4. The lowest BCUT2D eigenvalue weighted by atomic mass is 9.98. The second-order valence-electron chi connectivity index (χ2n) is 7.66. The zero-order chi connectivity index (χ0) is 22.2. The van der Waals surface area contributed by atoms with Crippen molar-refractivity contribution in [1.29, 1.82) is 0 Å². The van der Waals surface area contributed by atoms with Gasteiger partial charge in [0.05, 0.1) is 24.6 Å². The fourth-order valence-electron chi connectivity index (χ4n) is 3.92. The Morgan fingerprint density at radius 3 is 2.39 bits per heavy atom. The maximum Gasteiger partial charge on any atom is 0.434 e. The number of carbonyl (C=O) groups excluding carboxylic acids is 1. The molecular weight excluding hydrogens is 407 g/mol. The molecule has 31 heavy (non-hydrogen) atoms. The van der Waals surface area contributed by atoms with Crippen molar-refractivity contribution < 1.29 is 22.7 Å². The van der Waals surface area contributed by atoms with Crippen LogP contribution in [0.25, 0.3) is 5.69 Å². The Bertz CT molecular complexity index is 1070. The predicted molar refractivity (Wildman–Crippen MR) is 110 cm³/mol. The molecule has 2 aromatic carbocycles. The summed E-state index contributed by atoms with van der Waals surface area (Å²) in [6.45, 7) is 2.60. The molecule has 1 amide bonds. The Labute approximate surface area is 178 Å². The quantitative estimate of drug-likeness (QED) is 0.597. The summed E-state index contributed by atoms with van der Waals surface area (Å²) in [7, 11) is 1.58. The molecule has 3 aromatic rings. The van der Waals surface area contributed by atoms with Gasteiger partial charge in [-0.3, -0.25) is 4.79 Å². The third-order valence-electron chi connectivity index (χ3n) is 5.61. The van der Waals surface area contributed by atoms with Crippen LogP contribution in [0.5, 0.6) is 5.75 Å².